The molecule has 1 heterocycles. The second-order valence-corrected chi connectivity index (χ2v) is 4.82. The molecule has 0 aromatic rings. The molecule has 0 bridgehead atoms. The van der Waals surface area contributed by atoms with Crippen LogP contribution in [-0.4, -0.2) is 68.9 Å². The highest BCUT2D eigenvalue weighted by Gasteiger charge is 2.46. The SMILES string of the molecule is CCC[C@@H]1C(O)C(O)[C@H](O)C(CO)N1CCC. The normalized spacial score (nSPS) is 39.5. The maximum Gasteiger partial charge on any atom is 0.109 e. The van der Waals surface area contributed by atoms with Crippen LogP contribution in [0.5, 0.6) is 0 Å². The quantitative estimate of drug-likeness (QED) is 0.517. The van der Waals surface area contributed by atoms with Crippen LogP contribution in [0, 0.1) is 0 Å². The van der Waals surface area contributed by atoms with Gasteiger partial charge in [0.2, 0.25) is 0 Å². The maximum absolute atomic E-state index is 10.0. The third-order valence-electron chi connectivity index (χ3n) is 3.59. The highest BCUT2D eigenvalue weighted by atomic mass is 16.4. The molecule has 102 valence electrons. The van der Waals surface area contributed by atoms with Gasteiger partial charge < -0.3 is 20.4 Å². The van der Waals surface area contributed by atoms with Crippen molar-refractivity contribution in [2.24, 2.45) is 0 Å². The van der Waals surface area contributed by atoms with E-state index in [1.54, 1.807) is 0 Å². The van der Waals surface area contributed by atoms with E-state index in [1.807, 2.05) is 18.7 Å². The summed E-state index contributed by atoms with van der Waals surface area (Å²) in [6, 6.07) is -0.666. The minimum atomic E-state index is -1.17. The van der Waals surface area contributed by atoms with Crippen molar-refractivity contribution in [3.63, 3.8) is 0 Å². The minimum absolute atomic E-state index is 0.185. The van der Waals surface area contributed by atoms with E-state index in [-0.39, 0.29) is 12.6 Å². The van der Waals surface area contributed by atoms with Crippen molar-refractivity contribution in [2.75, 3.05) is 13.2 Å². The van der Waals surface area contributed by atoms with Gasteiger partial charge in [-0.25, -0.2) is 0 Å². The Hall–Kier alpha value is -0.200. The Labute approximate surface area is 103 Å². The predicted molar refractivity (Wildman–Crippen MR) is 64.6 cm³/mol. The van der Waals surface area contributed by atoms with Gasteiger partial charge in [-0.05, 0) is 19.4 Å². The van der Waals surface area contributed by atoms with E-state index in [4.69, 9.17) is 0 Å². The molecule has 1 fully saturated rings. The van der Waals surface area contributed by atoms with E-state index >= 15 is 0 Å². The lowest BCUT2D eigenvalue weighted by Crippen LogP contribution is -2.67. The van der Waals surface area contributed by atoms with Gasteiger partial charge in [0.1, 0.15) is 12.2 Å². The predicted octanol–water partition coefficient (Wildman–Crippen LogP) is -0.676. The van der Waals surface area contributed by atoms with Crippen molar-refractivity contribution in [3.05, 3.63) is 0 Å². The number of hydrogen-bond acceptors (Lipinski definition) is 5. The maximum atomic E-state index is 10.0. The van der Waals surface area contributed by atoms with Crippen LogP contribution in [0.15, 0.2) is 0 Å². The second kappa shape index (κ2) is 6.66. The van der Waals surface area contributed by atoms with E-state index < -0.39 is 24.4 Å². The molecule has 5 heteroatoms. The minimum Gasteiger partial charge on any atom is -0.395 e. The molecule has 1 saturated heterocycles. The molecular formula is C12H25NO4. The number of aliphatic hydroxyl groups is 4. The molecule has 5 atom stereocenters. The molecule has 1 aliphatic heterocycles. The third kappa shape index (κ3) is 2.98. The topological polar surface area (TPSA) is 84.2 Å². The van der Waals surface area contributed by atoms with Crippen molar-refractivity contribution in [2.45, 2.75) is 63.5 Å². The van der Waals surface area contributed by atoms with Gasteiger partial charge in [-0.3, -0.25) is 4.90 Å². The fourth-order valence-corrected chi connectivity index (χ4v) is 2.73. The van der Waals surface area contributed by atoms with Gasteiger partial charge in [-0.15, -0.1) is 0 Å². The first-order chi connectivity index (χ1) is 8.08. The third-order valence-corrected chi connectivity index (χ3v) is 3.59. The smallest absolute Gasteiger partial charge is 0.109 e. The summed E-state index contributed by atoms with van der Waals surface area (Å²) in [5.74, 6) is 0. The van der Waals surface area contributed by atoms with Crippen LogP contribution >= 0.6 is 0 Å². The van der Waals surface area contributed by atoms with Crippen molar-refractivity contribution >= 4 is 0 Å². The fourth-order valence-electron chi connectivity index (χ4n) is 2.73. The van der Waals surface area contributed by atoms with Crippen LogP contribution in [0.25, 0.3) is 0 Å². The Morgan fingerprint density at radius 3 is 1.94 bits per heavy atom. The van der Waals surface area contributed by atoms with Gasteiger partial charge in [-0.1, -0.05) is 20.3 Å². The molecule has 0 saturated carbocycles. The van der Waals surface area contributed by atoms with E-state index in [9.17, 15) is 20.4 Å². The largest absolute Gasteiger partial charge is 0.395 e. The molecule has 17 heavy (non-hydrogen) atoms. The van der Waals surface area contributed by atoms with E-state index in [0.29, 0.717) is 6.54 Å². The Bertz CT molecular complexity index is 227. The number of piperidine rings is 1. The first-order valence-corrected chi connectivity index (χ1v) is 6.49. The van der Waals surface area contributed by atoms with E-state index in [0.717, 1.165) is 19.3 Å². The van der Waals surface area contributed by atoms with Crippen LogP contribution in [0.2, 0.25) is 0 Å². The van der Waals surface area contributed by atoms with Gasteiger partial charge in [0, 0.05) is 6.04 Å². The molecule has 1 rings (SSSR count). The van der Waals surface area contributed by atoms with Crippen molar-refractivity contribution in [3.8, 4) is 0 Å². The Morgan fingerprint density at radius 1 is 0.882 bits per heavy atom. The molecule has 0 aliphatic carbocycles. The molecular weight excluding hydrogens is 222 g/mol. The van der Waals surface area contributed by atoms with Gasteiger partial charge >= 0.3 is 0 Å². The van der Waals surface area contributed by atoms with Crippen molar-refractivity contribution in [1.82, 2.24) is 4.90 Å². The van der Waals surface area contributed by atoms with Crippen molar-refractivity contribution < 1.29 is 20.4 Å². The molecule has 4 N–H and O–H groups in total. The first kappa shape index (κ1) is 14.9. The van der Waals surface area contributed by atoms with Gasteiger partial charge in [-0.2, -0.15) is 0 Å². The molecule has 0 amide bonds. The van der Waals surface area contributed by atoms with Crippen LogP contribution < -0.4 is 0 Å². The summed E-state index contributed by atoms with van der Waals surface area (Å²) >= 11 is 0. The molecule has 0 spiro atoms. The van der Waals surface area contributed by atoms with E-state index in [2.05, 4.69) is 0 Å². The summed E-state index contributed by atoms with van der Waals surface area (Å²) in [7, 11) is 0. The molecule has 1 aliphatic rings. The second-order valence-electron chi connectivity index (χ2n) is 4.82. The monoisotopic (exact) mass is 247 g/mol. The van der Waals surface area contributed by atoms with Crippen LogP contribution in [0.4, 0.5) is 0 Å². The van der Waals surface area contributed by atoms with Crippen LogP contribution in [0.1, 0.15) is 33.1 Å². The number of hydrogen-bond donors (Lipinski definition) is 4. The van der Waals surface area contributed by atoms with Gasteiger partial charge in [0.05, 0.1) is 18.8 Å². The summed E-state index contributed by atoms with van der Waals surface area (Å²) in [5, 5.41) is 39.0. The van der Waals surface area contributed by atoms with Crippen molar-refractivity contribution in [1.29, 1.82) is 0 Å². The average molecular weight is 247 g/mol. The standard InChI is InChI=1S/C12H25NO4/c1-3-5-8-10(15)12(17)11(16)9(7-14)13(8)6-4-2/h8-12,14-17H,3-7H2,1-2H3/t8-,9?,10?,11-,12?/m1/s1. The summed E-state index contributed by atoms with van der Waals surface area (Å²) in [6.07, 6.45) is -0.679. The van der Waals surface area contributed by atoms with Crippen LogP contribution in [-0.2, 0) is 0 Å². The highest BCUT2D eigenvalue weighted by molar-refractivity contribution is 4.99. The van der Waals surface area contributed by atoms with Gasteiger partial charge in [0.15, 0.2) is 0 Å². The Balaban J connectivity index is 2.89. The zero-order valence-corrected chi connectivity index (χ0v) is 10.7. The zero-order chi connectivity index (χ0) is 13.0. The Kier molecular flexibility index (Phi) is 5.82. The highest BCUT2D eigenvalue weighted by Crippen LogP contribution is 2.27. The number of aliphatic hydroxyl groups excluding tert-OH is 4. The molecule has 0 radical (unpaired) electrons. The zero-order valence-electron chi connectivity index (χ0n) is 10.7. The average Bonchev–Trinajstić information content (AvgIpc) is 2.32. The summed E-state index contributed by atoms with van der Waals surface area (Å²) in [5.41, 5.74) is 0. The molecule has 0 aromatic heterocycles. The molecule has 0 aromatic carbocycles. The lowest BCUT2D eigenvalue weighted by atomic mass is 9.86. The summed E-state index contributed by atoms with van der Waals surface area (Å²) in [4.78, 5) is 1.94. The Morgan fingerprint density at radius 2 is 1.47 bits per heavy atom. The first-order valence-electron chi connectivity index (χ1n) is 6.49. The van der Waals surface area contributed by atoms with Gasteiger partial charge in [0.25, 0.3) is 0 Å². The number of likely N-dealkylation sites (tertiary alicyclic amines) is 1. The van der Waals surface area contributed by atoms with E-state index in [1.165, 1.54) is 0 Å². The lowest BCUT2D eigenvalue weighted by molar-refractivity contribution is -0.172. The lowest BCUT2D eigenvalue weighted by Gasteiger charge is -2.48. The summed E-state index contributed by atoms with van der Waals surface area (Å²) < 4.78 is 0. The number of rotatable bonds is 5. The molecule has 3 unspecified atom stereocenters. The number of nitrogens with zero attached hydrogens (tertiary/aromatic N) is 1. The molecule has 5 nitrogen and oxygen atoms in total. The fraction of sp³-hybridized carbons (Fsp3) is 1.00. The summed E-state index contributed by atoms with van der Waals surface area (Å²) in [6.45, 7) is 4.53. The van der Waals surface area contributed by atoms with Crippen LogP contribution in [0.3, 0.4) is 0 Å².